The molecule has 3 heteroatoms. The lowest BCUT2D eigenvalue weighted by atomic mass is 10.0. The van der Waals surface area contributed by atoms with Gasteiger partial charge in [0.15, 0.2) is 5.78 Å². The number of carbonyl (C=O) groups is 1. The molecular formula is C23H36OSi2. The van der Waals surface area contributed by atoms with Crippen LogP contribution in [0.15, 0.2) is 24.3 Å². The summed E-state index contributed by atoms with van der Waals surface area (Å²) in [5.74, 6) is 4.10. The first-order chi connectivity index (χ1) is 11.6. The summed E-state index contributed by atoms with van der Waals surface area (Å²) in [4.78, 5) is 12.9. The summed E-state index contributed by atoms with van der Waals surface area (Å²) in [6.07, 6.45) is 0.560. The molecule has 0 fully saturated rings. The lowest BCUT2D eigenvalue weighted by Gasteiger charge is -2.48. The molecule has 0 saturated carbocycles. The van der Waals surface area contributed by atoms with Gasteiger partial charge in [-0.3, -0.25) is 4.79 Å². The molecule has 0 heterocycles. The van der Waals surface area contributed by atoms with Crippen LogP contribution in [0.2, 0.25) is 36.3 Å². The summed E-state index contributed by atoms with van der Waals surface area (Å²) in [6, 6.07) is 8.23. The number of carbonyl (C=O) groups excluding carboxylic acids is 1. The van der Waals surface area contributed by atoms with E-state index in [0.29, 0.717) is 6.42 Å². The summed E-state index contributed by atoms with van der Waals surface area (Å²) in [6.45, 7) is 23.5. The summed E-state index contributed by atoms with van der Waals surface area (Å²) < 4.78 is 0. The van der Waals surface area contributed by atoms with Crippen LogP contribution < -0.4 is 0 Å². The summed E-state index contributed by atoms with van der Waals surface area (Å²) in [5, 5.41) is 0.0953. The number of Topliss-reactive ketones (excluding diaryl/α,β-unsaturated/α-hetero) is 1. The topological polar surface area (TPSA) is 17.1 Å². The molecule has 1 aromatic carbocycles. The fourth-order valence-corrected chi connectivity index (χ4v) is 7.62. The standard InChI is InChI=1S/C23H36OSi2/c1-21(2,3)25(7,8)16-15-23(26(9,10)22(4,5)6)17-20(24)18-13-11-12-14-19(18)23/h11-14H,17H2,1-10H3. The monoisotopic (exact) mass is 384 g/mol. The molecule has 26 heavy (non-hydrogen) atoms. The van der Waals surface area contributed by atoms with E-state index in [-0.39, 0.29) is 20.9 Å². The van der Waals surface area contributed by atoms with Gasteiger partial charge >= 0.3 is 0 Å². The maximum atomic E-state index is 12.9. The molecule has 2 rings (SSSR count). The third-order valence-corrected chi connectivity index (χ3v) is 18.5. The van der Waals surface area contributed by atoms with Crippen LogP contribution >= 0.6 is 0 Å². The van der Waals surface area contributed by atoms with E-state index in [4.69, 9.17) is 0 Å². The Morgan fingerprint density at radius 2 is 1.46 bits per heavy atom. The van der Waals surface area contributed by atoms with Crippen molar-refractivity contribution in [3.63, 3.8) is 0 Å². The Balaban J connectivity index is 2.79. The molecule has 0 N–H and O–H groups in total. The first-order valence-electron chi connectivity index (χ1n) is 9.74. The second-order valence-electron chi connectivity index (χ2n) is 11.1. The normalized spacial score (nSPS) is 21.2. The fourth-order valence-electron chi connectivity index (χ4n) is 3.45. The molecule has 0 radical (unpaired) electrons. The maximum Gasteiger partial charge on any atom is 0.164 e. The highest BCUT2D eigenvalue weighted by Gasteiger charge is 2.58. The minimum absolute atomic E-state index is 0.160. The van der Waals surface area contributed by atoms with Crippen molar-refractivity contribution in [3.8, 4) is 11.5 Å². The van der Waals surface area contributed by atoms with Crippen molar-refractivity contribution < 1.29 is 4.79 Å². The molecule has 1 aliphatic rings. The van der Waals surface area contributed by atoms with Gasteiger partial charge in [-0.1, -0.05) is 92.0 Å². The van der Waals surface area contributed by atoms with Crippen molar-refractivity contribution in [2.75, 3.05) is 0 Å². The van der Waals surface area contributed by atoms with Crippen molar-refractivity contribution in [2.24, 2.45) is 0 Å². The van der Waals surface area contributed by atoms with Gasteiger partial charge in [-0.15, -0.1) is 11.5 Å². The van der Waals surface area contributed by atoms with Crippen LogP contribution in [-0.2, 0) is 5.04 Å². The number of benzene rings is 1. The first-order valence-corrected chi connectivity index (χ1v) is 15.7. The molecule has 0 aromatic heterocycles. The largest absolute Gasteiger partial charge is 0.294 e. The van der Waals surface area contributed by atoms with Crippen molar-refractivity contribution in [3.05, 3.63) is 35.4 Å². The quantitative estimate of drug-likeness (QED) is 0.393. The molecule has 142 valence electrons. The molecule has 0 amide bonds. The second kappa shape index (κ2) is 6.21. The van der Waals surface area contributed by atoms with Gasteiger partial charge in [0, 0.05) is 12.0 Å². The Morgan fingerprint density at radius 1 is 0.923 bits per heavy atom. The minimum atomic E-state index is -1.95. The summed E-state index contributed by atoms with van der Waals surface area (Å²) >= 11 is 0. The van der Waals surface area contributed by atoms with Crippen LogP contribution in [0.25, 0.3) is 0 Å². The highest BCUT2D eigenvalue weighted by atomic mass is 28.3. The van der Waals surface area contributed by atoms with Crippen LogP contribution in [0.1, 0.15) is 63.9 Å². The lowest BCUT2D eigenvalue weighted by Crippen LogP contribution is -2.56. The molecule has 1 unspecified atom stereocenters. The number of rotatable bonds is 1. The van der Waals surface area contributed by atoms with Crippen molar-refractivity contribution in [2.45, 2.75) is 89.3 Å². The Bertz CT molecular complexity index is 779. The van der Waals surface area contributed by atoms with Crippen LogP contribution in [0.4, 0.5) is 0 Å². The second-order valence-corrected chi connectivity index (χ2v) is 21.7. The Kier molecular flexibility index (Phi) is 5.06. The molecule has 0 aliphatic heterocycles. The smallest absolute Gasteiger partial charge is 0.164 e. The average Bonchev–Trinajstić information content (AvgIpc) is 2.78. The van der Waals surface area contributed by atoms with Gasteiger partial charge in [-0.2, -0.15) is 0 Å². The predicted molar refractivity (Wildman–Crippen MR) is 119 cm³/mol. The van der Waals surface area contributed by atoms with E-state index < -0.39 is 16.1 Å². The first kappa shape index (κ1) is 21.2. The van der Waals surface area contributed by atoms with Gasteiger partial charge in [0.25, 0.3) is 0 Å². The van der Waals surface area contributed by atoms with Crippen LogP contribution in [-0.4, -0.2) is 21.9 Å². The van der Waals surface area contributed by atoms with Gasteiger partial charge in [0.2, 0.25) is 0 Å². The van der Waals surface area contributed by atoms with Crippen molar-refractivity contribution in [1.29, 1.82) is 0 Å². The van der Waals surface area contributed by atoms with E-state index in [0.717, 1.165) is 5.56 Å². The molecule has 0 spiro atoms. The maximum absolute atomic E-state index is 12.9. The Hall–Kier alpha value is -1.12. The molecule has 1 atom stereocenters. The molecule has 1 nitrogen and oxygen atoms in total. The third kappa shape index (κ3) is 3.16. The lowest BCUT2D eigenvalue weighted by molar-refractivity contribution is 0.0988. The SMILES string of the molecule is CC(C)(C)[Si](C)(C)C#CC1([Si](C)(C)C(C)(C)C)CC(=O)c2ccccc21. The van der Waals surface area contributed by atoms with E-state index in [1.807, 2.05) is 12.1 Å². The molecule has 0 bridgehead atoms. The fraction of sp³-hybridized carbons (Fsp3) is 0.609. The predicted octanol–water partition coefficient (Wildman–Crippen LogP) is 6.61. The van der Waals surface area contributed by atoms with Gasteiger partial charge in [-0.25, -0.2) is 0 Å². The Labute approximate surface area is 163 Å². The van der Waals surface area contributed by atoms with E-state index in [1.54, 1.807) is 0 Å². The zero-order chi connectivity index (χ0) is 20.2. The van der Waals surface area contributed by atoms with Gasteiger partial charge < -0.3 is 0 Å². The molecule has 1 aromatic rings. The molecule has 1 aliphatic carbocycles. The van der Waals surface area contributed by atoms with Crippen LogP contribution in [0, 0.1) is 11.5 Å². The summed E-state index contributed by atoms with van der Waals surface area (Å²) in [5.41, 5.74) is 5.89. The summed E-state index contributed by atoms with van der Waals surface area (Å²) in [7, 11) is -3.70. The third-order valence-electron chi connectivity index (χ3n) is 7.52. The van der Waals surface area contributed by atoms with E-state index in [9.17, 15) is 4.79 Å². The van der Waals surface area contributed by atoms with Crippen LogP contribution in [0.5, 0.6) is 0 Å². The van der Waals surface area contributed by atoms with E-state index >= 15 is 0 Å². The van der Waals surface area contributed by atoms with E-state index in [1.165, 1.54) is 5.56 Å². The number of hydrogen-bond donors (Lipinski definition) is 0. The van der Waals surface area contributed by atoms with Crippen molar-refractivity contribution >= 4 is 21.9 Å². The van der Waals surface area contributed by atoms with Gasteiger partial charge in [-0.05, 0) is 15.6 Å². The van der Waals surface area contributed by atoms with E-state index in [2.05, 4.69) is 91.3 Å². The number of ketones is 1. The highest BCUT2D eigenvalue weighted by molar-refractivity contribution is 6.88. The van der Waals surface area contributed by atoms with Crippen LogP contribution in [0.3, 0.4) is 0 Å². The molecular weight excluding hydrogens is 348 g/mol. The van der Waals surface area contributed by atoms with Gasteiger partial charge in [0.1, 0.15) is 8.07 Å². The van der Waals surface area contributed by atoms with Crippen molar-refractivity contribution in [1.82, 2.24) is 0 Å². The zero-order valence-corrected chi connectivity index (χ0v) is 20.4. The number of fused-ring (bicyclic) bond motifs is 1. The highest BCUT2D eigenvalue weighted by Crippen LogP contribution is 2.54. The van der Waals surface area contributed by atoms with Gasteiger partial charge in [0.05, 0.1) is 13.1 Å². The number of hydrogen-bond acceptors (Lipinski definition) is 1. The molecule has 0 saturated heterocycles. The minimum Gasteiger partial charge on any atom is -0.294 e. The Morgan fingerprint density at radius 3 is 1.96 bits per heavy atom. The zero-order valence-electron chi connectivity index (χ0n) is 18.4. The average molecular weight is 385 g/mol.